The van der Waals surface area contributed by atoms with E-state index in [0.717, 1.165) is 0 Å². The molecule has 0 unspecified atom stereocenters. The molecule has 2 atom stereocenters. The van der Waals surface area contributed by atoms with Crippen LogP contribution >= 0.6 is 0 Å². The van der Waals surface area contributed by atoms with Gasteiger partial charge in [-0.3, -0.25) is 0 Å². The van der Waals surface area contributed by atoms with Crippen LogP contribution in [0.1, 0.15) is 13.8 Å². The summed E-state index contributed by atoms with van der Waals surface area (Å²) in [5.74, 6) is 0.233. The Morgan fingerprint density at radius 2 is 2.07 bits per heavy atom. The van der Waals surface area contributed by atoms with E-state index in [1.165, 1.54) is 4.31 Å². The normalized spacial score (nSPS) is 27.9. The largest absolute Gasteiger partial charge is 0.390 e. The average molecular weight is 236 g/mol. The van der Waals surface area contributed by atoms with Gasteiger partial charge >= 0.3 is 0 Å². The first-order chi connectivity index (χ1) is 6.84. The fourth-order valence-electron chi connectivity index (χ4n) is 1.77. The van der Waals surface area contributed by atoms with Crippen molar-refractivity contribution in [1.29, 1.82) is 0 Å². The molecule has 0 amide bonds. The molecule has 0 aromatic heterocycles. The summed E-state index contributed by atoms with van der Waals surface area (Å²) in [7, 11) is -1.70. The van der Waals surface area contributed by atoms with Crippen molar-refractivity contribution in [1.82, 2.24) is 9.62 Å². The first-order valence-corrected chi connectivity index (χ1v) is 6.80. The SMILES string of the molecule is CC(C)CS(=O)(=O)N(C)[C@@H]1CNC[C@H]1O. The standard InChI is InChI=1S/C9H20N2O3S/c1-7(2)6-15(13,14)11(3)8-4-10-5-9(8)12/h7-10,12H,4-6H2,1-3H3/t8-,9-/m1/s1. The van der Waals surface area contributed by atoms with Crippen molar-refractivity contribution < 1.29 is 13.5 Å². The summed E-state index contributed by atoms with van der Waals surface area (Å²) < 4.78 is 25.0. The average Bonchev–Trinajstić information content (AvgIpc) is 2.47. The maximum atomic E-state index is 11.9. The van der Waals surface area contributed by atoms with Crippen molar-refractivity contribution in [3.63, 3.8) is 0 Å². The van der Waals surface area contributed by atoms with Crippen LogP contribution in [0.25, 0.3) is 0 Å². The molecular weight excluding hydrogens is 216 g/mol. The third kappa shape index (κ3) is 3.14. The predicted octanol–water partition coefficient (Wildman–Crippen LogP) is -0.763. The van der Waals surface area contributed by atoms with Gasteiger partial charge in [-0.1, -0.05) is 13.8 Å². The summed E-state index contributed by atoms with van der Waals surface area (Å²) >= 11 is 0. The molecule has 0 bridgehead atoms. The van der Waals surface area contributed by atoms with Crippen molar-refractivity contribution in [3.05, 3.63) is 0 Å². The second-order valence-corrected chi connectivity index (χ2v) is 6.55. The van der Waals surface area contributed by atoms with Gasteiger partial charge in [0, 0.05) is 20.1 Å². The first-order valence-electron chi connectivity index (χ1n) is 5.19. The zero-order valence-corrected chi connectivity index (χ0v) is 10.3. The minimum absolute atomic E-state index is 0.101. The van der Waals surface area contributed by atoms with Crippen LogP contribution in [-0.4, -0.2) is 55.9 Å². The van der Waals surface area contributed by atoms with Crippen LogP contribution in [0.4, 0.5) is 0 Å². The van der Waals surface area contributed by atoms with Gasteiger partial charge in [0.25, 0.3) is 0 Å². The maximum Gasteiger partial charge on any atom is 0.214 e. The van der Waals surface area contributed by atoms with Gasteiger partial charge in [-0.15, -0.1) is 0 Å². The van der Waals surface area contributed by atoms with Crippen LogP contribution in [-0.2, 0) is 10.0 Å². The Hall–Kier alpha value is -0.170. The highest BCUT2D eigenvalue weighted by Crippen LogP contribution is 2.14. The number of nitrogens with one attached hydrogen (secondary N) is 1. The van der Waals surface area contributed by atoms with E-state index >= 15 is 0 Å². The number of hydrogen-bond donors (Lipinski definition) is 2. The summed E-state index contributed by atoms with van der Waals surface area (Å²) in [6.45, 7) is 4.73. The third-order valence-electron chi connectivity index (χ3n) is 2.60. The topological polar surface area (TPSA) is 69.6 Å². The van der Waals surface area contributed by atoms with E-state index in [2.05, 4.69) is 5.32 Å². The number of sulfonamides is 1. The molecule has 2 N–H and O–H groups in total. The lowest BCUT2D eigenvalue weighted by atomic mass is 10.2. The molecule has 0 spiro atoms. The van der Waals surface area contributed by atoms with Crippen molar-refractivity contribution >= 4 is 10.0 Å². The van der Waals surface area contributed by atoms with E-state index in [1.807, 2.05) is 13.8 Å². The molecule has 0 aliphatic carbocycles. The van der Waals surface area contributed by atoms with Gasteiger partial charge in [0.05, 0.1) is 17.9 Å². The predicted molar refractivity (Wildman–Crippen MR) is 59.1 cm³/mol. The van der Waals surface area contributed by atoms with Crippen molar-refractivity contribution in [2.75, 3.05) is 25.9 Å². The Balaban J connectivity index is 2.70. The summed E-state index contributed by atoms with van der Waals surface area (Å²) in [5.41, 5.74) is 0. The minimum Gasteiger partial charge on any atom is -0.390 e. The number of nitrogens with zero attached hydrogens (tertiary/aromatic N) is 1. The molecule has 0 aromatic rings. The van der Waals surface area contributed by atoms with E-state index in [-0.39, 0.29) is 17.7 Å². The number of aliphatic hydroxyl groups is 1. The van der Waals surface area contributed by atoms with Crippen LogP contribution < -0.4 is 5.32 Å². The van der Waals surface area contributed by atoms with E-state index in [0.29, 0.717) is 13.1 Å². The molecule has 6 heteroatoms. The lowest BCUT2D eigenvalue weighted by molar-refractivity contribution is 0.136. The molecule has 1 saturated heterocycles. The molecule has 0 aromatic carbocycles. The number of likely N-dealkylation sites (N-methyl/N-ethyl adjacent to an activating group) is 1. The van der Waals surface area contributed by atoms with Gasteiger partial charge in [-0.2, -0.15) is 4.31 Å². The maximum absolute atomic E-state index is 11.9. The third-order valence-corrected chi connectivity index (χ3v) is 4.84. The molecule has 1 rings (SSSR count). The van der Waals surface area contributed by atoms with Crippen LogP contribution in [0.15, 0.2) is 0 Å². The van der Waals surface area contributed by atoms with Crippen molar-refractivity contribution in [2.45, 2.75) is 26.0 Å². The molecule has 0 radical (unpaired) electrons. The monoisotopic (exact) mass is 236 g/mol. The van der Waals surface area contributed by atoms with E-state index in [1.54, 1.807) is 7.05 Å². The summed E-state index contributed by atoms with van der Waals surface area (Å²) in [4.78, 5) is 0. The molecule has 1 aliphatic rings. The molecule has 0 saturated carbocycles. The lowest BCUT2D eigenvalue weighted by Crippen LogP contribution is -2.45. The molecule has 90 valence electrons. The minimum atomic E-state index is -3.24. The summed E-state index contributed by atoms with van der Waals surface area (Å²) in [6.07, 6.45) is -0.600. The molecule has 5 nitrogen and oxygen atoms in total. The Morgan fingerprint density at radius 3 is 2.47 bits per heavy atom. The number of rotatable bonds is 4. The van der Waals surface area contributed by atoms with Crippen LogP contribution in [0.5, 0.6) is 0 Å². The second-order valence-electron chi connectivity index (χ2n) is 4.48. The fraction of sp³-hybridized carbons (Fsp3) is 1.00. The van der Waals surface area contributed by atoms with Crippen molar-refractivity contribution in [2.24, 2.45) is 5.92 Å². The van der Waals surface area contributed by atoms with E-state index in [4.69, 9.17) is 0 Å². The van der Waals surface area contributed by atoms with Crippen molar-refractivity contribution in [3.8, 4) is 0 Å². The van der Waals surface area contributed by atoms with Crippen LogP contribution in [0.3, 0.4) is 0 Å². The van der Waals surface area contributed by atoms with Gasteiger partial charge in [0.1, 0.15) is 0 Å². The van der Waals surface area contributed by atoms with Gasteiger partial charge in [-0.05, 0) is 5.92 Å². The summed E-state index contributed by atoms with van der Waals surface area (Å²) in [6, 6.07) is -0.325. The second kappa shape index (κ2) is 4.78. The molecule has 1 aliphatic heterocycles. The van der Waals surface area contributed by atoms with E-state index in [9.17, 15) is 13.5 Å². The van der Waals surface area contributed by atoms with Gasteiger partial charge in [-0.25, -0.2) is 8.42 Å². The van der Waals surface area contributed by atoms with E-state index < -0.39 is 16.1 Å². The Labute approximate surface area is 91.5 Å². The Kier molecular flexibility index (Phi) is 4.11. The van der Waals surface area contributed by atoms with Gasteiger partial charge in [0.15, 0.2) is 0 Å². The molecule has 1 heterocycles. The highest BCUT2D eigenvalue weighted by atomic mass is 32.2. The molecule has 1 fully saturated rings. The van der Waals surface area contributed by atoms with Crippen LogP contribution in [0.2, 0.25) is 0 Å². The summed E-state index contributed by atoms with van der Waals surface area (Å²) in [5, 5.41) is 12.6. The Morgan fingerprint density at radius 1 is 1.47 bits per heavy atom. The fourth-order valence-corrected chi connectivity index (χ4v) is 3.47. The first kappa shape index (κ1) is 12.9. The van der Waals surface area contributed by atoms with Crippen LogP contribution in [0, 0.1) is 5.92 Å². The number of β-amino-alcohol motifs (C(OH)–C–C–N with tert-alkyl or cyclic N) is 1. The Bertz CT molecular complexity index is 302. The highest BCUT2D eigenvalue weighted by Gasteiger charge is 2.34. The quantitative estimate of drug-likeness (QED) is 0.673. The molecule has 15 heavy (non-hydrogen) atoms. The lowest BCUT2D eigenvalue weighted by Gasteiger charge is -2.26. The molecular formula is C9H20N2O3S. The van der Waals surface area contributed by atoms with Gasteiger partial charge in [0.2, 0.25) is 10.0 Å². The zero-order valence-electron chi connectivity index (χ0n) is 9.47. The number of hydrogen-bond acceptors (Lipinski definition) is 4. The zero-order chi connectivity index (χ0) is 11.6. The highest BCUT2D eigenvalue weighted by molar-refractivity contribution is 7.89. The van der Waals surface area contributed by atoms with Gasteiger partial charge < -0.3 is 10.4 Å². The number of aliphatic hydroxyl groups excluding tert-OH is 1. The smallest absolute Gasteiger partial charge is 0.214 e.